The molecule has 0 fully saturated rings. The molecule has 13 heavy (non-hydrogen) atoms. The first-order valence-electron chi connectivity index (χ1n) is 3.75. The summed E-state index contributed by atoms with van der Waals surface area (Å²) < 4.78 is 5.21. The average molecular weight is 175 g/mol. The quantitative estimate of drug-likeness (QED) is 0.717. The predicted molar refractivity (Wildman–Crippen MR) is 47.6 cm³/mol. The zero-order valence-electron chi connectivity index (χ0n) is 6.73. The highest BCUT2D eigenvalue weighted by atomic mass is 16.4. The number of nitrogens with zero attached hydrogens (tertiary/aromatic N) is 1. The monoisotopic (exact) mass is 175 g/mol. The zero-order valence-corrected chi connectivity index (χ0v) is 6.73. The van der Waals surface area contributed by atoms with Gasteiger partial charge in [-0.05, 0) is 6.07 Å². The van der Waals surface area contributed by atoms with Gasteiger partial charge in [-0.1, -0.05) is 18.2 Å². The number of carbonyl (C=O) groups is 1. The Bertz CT molecular complexity index is 415. The van der Waals surface area contributed by atoms with Crippen molar-refractivity contribution in [3.63, 3.8) is 0 Å². The lowest BCUT2D eigenvalue weighted by Crippen LogP contribution is -2.17. The summed E-state index contributed by atoms with van der Waals surface area (Å²) >= 11 is 0. The van der Waals surface area contributed by atoms with E-state index in [0.29, 0.717) is 5.58 Å². The molecule has 0 unspecified atom stereocenters. The lowest BCUT2D eigenvalue weighted by Gasteiger charge is -1.88. The van der Waals surface area contributed by atoms with Gasteiger partial charge in [-0.2, -0.15) is 5.32 Å². The molecule has 0 spiro atoms. The van der Waals surface area contributed by atoms with E-state index in [1.165, 1.54) is 0 Å². The Morgan fingerprint density at radius 2 is 2.15 bits per heavy atom. The van der Waals surface area contributed by atoms with Crippen molar-refractivity contribution in [3.05, 3.63) is 30.3 Å². The molecule has 1 heterocycles. The highest BCUT2D eigenvalue weighted by Crippen LogP contribution is 2.22. The Balaban J connectivity index is 2.44. The third-order valence-electron chi connectivity index (χ3n) is 1.63. The van der Waals surface area contributed by atoms with Crippen LogP contribution in [0.4, 0.5) is 10.7 Å². The van der Waals surface area contributed by atoms with E-state index < -0.39 is 6.03 Å². The van der Waals surface area contributed by atoms with Crippen LogP contribution in [-0.4, -0.2) is 6.03 Å². The number of benzene rings is 1. The molecular weight excluding hydrogens is 168 g/mol. The molecule has 2 amide bonds. The molecule has 0 bridgehead atoms. The van der Waals surface area contributed by atoms with Gasteiger partial charge < -0.3 is 10.2 Å². The molecule has 0 aliphatic heterocycles. The largest absolute Gasteiger partial charge is 0.438 e. The van der Waals surface area contributed by atoms with E-state index in [1.54, 1.807) is 12.1 Å². The molecule has 65 valence electrons. The molecule has 0 saturated carbocycles. The number of carbonyl (C=O) groups excluding carboxylic acids is 1. The summed E-state index contributed by atoms with van der Waals surface area (Å²) in [5, 5.41) is 4.37. The highest BCUT2D eigenvalue weighted by molar-refractivity contribution is 5.83. The fourth-order valence-corrected chi connectivity index (χ4v) is 1.13. The van der Waals surface area contributed by atoms with E-state index in [4.69, 9.17) is 10.2 Å². The topological polar surface area (TPSA) is 70.3 Å². The zero-order chi connectivity index (χ0) is 9.26. The van der Waals surface area contributed by atoms with Crippen molar-refractivity contribution < 1.29 is 9.21 Å². The number of urea groups is 1. The van der Waals surface area contributed by atoms with Crippen molar-refractivity contribution in [2.45, 2.75) is 0 Å². The van der Waals surface area contributed by atoms with Gasteiger partial charge in [0.2, 0.25) is 5.88 Å². The molecule has 4 nitrogen and oxygen atoms in total. The third-order valence-corrected chi connectivity index (χ3v) is 1.63. The molecule has 1 aromatic heterocycles. The molecule has 2 aromatic rings. The summed E-state index contributed by atoms with van der Waals surface area (Å²) in [6.07, 6.45) is 0. The van der Waals surface area contributed by atoms with Crippen LogP contribution in [0.25, 0.3) is 11.0 Å². The number of hydrogen-bond acceptors (Lipinski definition) is 2. The second-order valence-electron chi connectivity index (χ2n) is 2.57. The van der Waals surface area contributed by atoms with E-state index in [9.17, 15) is 4.79 Å². The van der Waals surface area contributed by atoms with Gasteiger partial charge in [0, 0.05) is 11.5 Å². The standard InChI is InChI=1S/C9H7N2O2/c10-9(12)11-8-5-6-3-1-2-4-7(6)13-8/h1-5H,(H2,10,12). The molecule has 1 aromatic carbocycles. The Kier molecular flexibility index (Phi) is 1.66. The summed E-state index contributed by atoms with van der Waals surface area (Å²) in [5.41, 5.74) is 5.58. The van der Waals surface area contributed by atoms with E-state index >= 15 is 0 Å². The minimum Gasteiger partial charge on any atom is -0.438 e. The first kappa shape index (κ1) is 7.67. The lowest BCUT2D eigenvalue weighted by molar-refractivity contribution is 0.250. The second kappa shape index (κ2) is 2.82. The Hall–Kier alpha value is -1.97. The van der Waals surface area contributed by atoms with Crippen LogP contribution in [0.15, 0.2) is 34.7 Å². The maximum atomic E-state index is 10.4. The van der Waals surface area contributed by atoms with Crippen LogP contribution >= 0.6 is 0 Å². The van der Waals surface area contributed by atoms with Crippen LogP contribution in [-0.2, 0) is 0 Å². The molecule has 0 saturated heterocycles. The smallest absolute Gasteiger partial charge is 0.341 e. The van der Waals surface area contributed by atoms with E-state index in [2.05, 4.69) is 5.32 Å². The molecule has 0 atom stereocenters. The summed E-state index contributed by atoms with van der Waals surface area (Å²) in [6.45, 7) is 0. The van der Waals surface area contributed by atoms with Crippen LogP contribution in [0.3, 0.4) is 0 Å². The minimum atomic E-state index is -0.751. The molecule has 0 aliphatic rings. The summed E-state index contributed by atoms with van der Waals surface area (Å²) in [6, 6.07) is 8.32. The number of hydrogen-bond donors (Lipinski definition) is 1. The van der Waals surface area contributed by atoms with Gasteiger partial charge in [0.1, 0.15) is 5.58 Å². The molecule has 0 aliphatic carbocycles. The van der Waals surface area contributed by atoms with Crippen molar-refractivity contribution in [2.75, 3.05) is 0 Å². The molecule has 2 N–H and O–H groups in total. The predicted octanol–water partition coefficient (Wildman–Crippen LogP) is 1.75. The second-order valence-corrected chi connectivity index (χ2v) is 2.57. The maximum absolute atomic E-state index is 10.4. The molecule has 4 heteroatoms. The van der Waals surface area contributed by atoms with Gasteiger partial charge in [-0.25, -0.2) is 4.79 Å². The van der Waals surface area contributed by atoms with Gasteiger partial charge in [-0.15, -0.1) is 0 Å². The number of amides is 2. The lowest BCUT2D eigenvalue weighted by atomic mass is 10.3. The van der Waals surface area contributed by atoms with Crippen LogP contribution in [0.5, 0.6) is 0 Å². The van der Waals surface area contributed by atoms with Crippen LogP contribution in [0, 0.1) is 0 Å². The van der Waals surface area contributed by atoms with Gasteiger partial charge in [0.15, 0.2) is 0 Å². The van der Waals surface area contributed by atoms with Crippen LogP contribution in [0.1, 0.15) is 0 Å². The maximum Gasteiger partial charge on any atom is 0.341 e. The fourth-order valence-electron chi connectivity index (χ4n) is 1.13. The van der Waals surface area contributed by atoms with Gasteiger partial charge in [-0.3, -0.25) is 0 Å². The number of furan rings is 1. The molecular formula is C9H7N2O2. The number of fused-ring (bicyclic) bond motifs is 1. The summed E-state index contributed by atoms with van der Waals surface area (Å²) in [4.78, 5) is 10.4. The average Bonchev–Trinajstić information content (AvgIpc) is 2.44. The van der Waals surface area contributed by atoms with Gasteiger partial charge >= 0.3 is 6.03 Å². The summed E-state index contributed by atoms with van der Waals surface area (Å²) in [7, 11) is 0. The third kappa shape index (κ3) is 1.46. The van der Waals surface area contributed by atoms with E-state index in [1.807, 2.05) is 18.2 Å². The van der Waals surface area contributed by atoms with Crippen LogP contribution in [0.2, 0.25) is 0 Å². The number of para-hydroxylation sites is 1. The van der Waals surface area contributed by atoms with Crippen molar-refractivity contribution in [1.82, 2.24) is 5.32 Å². The van der Waals surface area contributed by atoms with Crippen molar-refractivity contribution in [3.8, 4) is 0 Å². The number of rotatable bonds is 1. The SMILES string of the molecule is NC(=O)[N]c1cc2ccccc2o1. The minimum absolute atomic E-state index is 0.244. The van der Waals surface area contributed by atoms with Crippen molar-refractivity contribution in [2.24, 2.45) is 5.73 Å². The van der Waals surface area contributed by atoms with E-state index in [-0.39, 0.29) is 5.88 Å². The Labute approximate surface area is 74.3 Å². The first-order chi connectivity index (χ1) is 6.25. The molecule has 1 radical (unpaired) electrons. The van der Waals surface area contributed by atoms with Gasteiger partial charge in [0.25, 0.3) is 0 Å². The van der Waals surface area contributed by atoms with E-state index in [0.717, 1.165) is 5.39 Å². The fraction of sp³-hybridized carbons (Fsp3) is 0. The normalized spacial score (nSPS) is 10.2. The number of nitrogens with two attached hydrogens (primary N) is 1. The Morgan fingerprint density at radius 3 is 2.85 bits per heavy atom. The molecule has 2 rings (SSSR count). The summed E-state index contributed by atoms with van der Waals surface area (Å²) in [5.74, 6) is 0.244. The first-order valence-corrected chi connectivity index (χ1v) is 3.75. The van der Waals surface area contributed by atoms with Crippen molar-refractivity contribution >= 4 is 22.9 Å². The number of primary amides is 1. The highest BCUT2D eigenvalue weighted by Gasteiger charge is 2.05. The van der Waals surface area contributed by atoms with Gasteiger partial charge in [0.05, 0.1) is 0 Å². The Morgan fingerprint density at radius 1 is 1.38 bits per heavy atom. The van der Waals surface area contributed by atoms with Crippen molar-refractivity contribution in [1.29, 1.82) is 0 Å². The van der Waals surface area contributed by atoms with Crippen LogP contribution < -0.4 is 11.1 Å².